The van der Waals surface area contributed by atoms with Gasteiger partial charge in [0.1, 0.15) is 11.5 Å². The van der Waals surface area contributed by atoms with Gasteiger partial charge in [0.05, 0.1) is 5.41 Å². The summed E-state index contributed by atoms with van der Waals surface area (Å²) in [6.07, 6.45) is 0. The number of hydrogen-bond acceptors (Lipinski definition) is 4. The first-order chi connectivity index (χ1) is 26.8. The lowest BCUT2D eigenvalue weighted by Crippen LogP contribution is -2.32. The lowest BCUT2D eigenvalue weighted by Gasteiger charge is -2.39. The lowest BCUT2D eigenvalue weighted by molar-refractivity contribution is 0.436. The summed E-state index contributed by atoms with van der Waals surface area (Å²) < 4.78 is 6.56. The van der Waals surface area contributed by atoms with Gasteiger partial charge in [-0.15, -0.1) is 0 Å². The van der Waals surface area contributed by atoms with E-state index < -0.39 is 5.41 Å². The Kier molecular flexibility index (Phi) is 6.73. The molecule has 1 spiro atoms. The van der Waals surface area contributed by atoms with E-state index in [1.807, 2.05) is 30.3 Å². The van der Waals surface area contributed by atoms with E-state index in [1.54, 1.807) is 0 Å². The molecule has 2 heterocycles. The van der Waals surface area contributed by atoms with Crippen LogP contribution in [0.25, 0.3) is 67.2 Å². The number of para-hydroxylation sites is 2. The molecule has 0 bridgehead atoms. The van der Waals surface area contributed by atoms with Crippen LogP contribution in [0.1, 0.15) is 22.3 Å². The van der Waals surface area contributed by atoms with E-state index in [0.29, 0.717) is 17.5 Å². The summed E-state index contributed by atoms with van der Waals surface area (Å²) in [7, 11) is 0. The minimum atomic E-state index is -0.529. The Bertz CT molecular complexity index is 2890. The van der Waals surface area contributed by atoms with E-state index >= 15 is 0 Å². The summed E-state index contributed by atoms with van der Waals surface area (Å²) in [4.78, 5) is 15.2. The molecule has 2 aliphatic rings. The van der Waals surface area contributed by atoms with Crippen molar-refractivity contribution in [3.8, 4) is 67.9 Å². The van der Waals surface area contributed by atoms with Crippen LogP contribution in [0.3, 0.4) is 0 Å². The summed E-state index contributed by atoms with van der Waals surface area (Å²) in [5, 5.41) is 2.32. The van der Waals surface area contributed by atoms with E-state index in [1.165, 1.54) is 27.6 Å². The standard InChI is InChI=1S/C50H31N3O/c1-2-15-33(16-3-1)47-51-48(53-49(52-47)37-29-28-32-14-4-5-17-34(32)30-37)36-19-12-18-35(31-36)38-21-13-25-43-46(38)39-20-6-7-22-40(39)50(43)41-23-8-10-26-44(41)54-45-27-11-9-24-42(45)50/h1-31H. The molecule has 11 rings (SSSR count). The Morgan fingerprint density at radius 1 is 0.333 bits per heavy atom. The summed E-state index contributed by atoms with van der Waals surface area (Å²) in [5.74, 6) is 3.69. The third kappa shape index (κ3) is 4.53. The highest BCUT2D eigenvalue weighted by molar-refractivity contribution is 5.97. The first-order valence-electron chi connectivity index (χ1n) is 18.3. The third-order valence-corrected chi connectivity index (χ3v) is 11.0. The van der Waals surface area contributed by atoms with Crippen LogP contribution in [0, 0.1) is 0 Å². The predicted molar refractivity (Wildman–Crippen MR) is 216 cm³/mol. The molecule has 0 saturated heterocycles. The fourth-order valence-corrected chi connectivity index (χ4v) is 8.65. The largest absolute Gasteiger partial charge is 0.457 e. The van der Waals surface area contributed by atoms with E-state index in [0.717, 1.165) is 55.8 Å². The minimum absolute atomic E-state index is 0.529. The maximum absolute atomic E-state index is 6.56. The van der Waals surface area contributed by atoms with Crippen LogP contribution in [0.2, 0.25) is 0 Å². The smallest absolute Gasteiger partial charge is 0.164 e. The van der Waals surface area contributed by atoms with Gasteiger partial charge in [0.15, 0.2) is 17.5 Å². The fourth-order valence-electron chi connectivity index (χ4n) is 8.65. The minimum Gasteiger partial charge on any atom is -0.457 e. The molecule has 1 aromatic heterocycles. The number of aromatic nitrogens is 3. The third-order valence-electron chi connectivity index (χ3n) is 11.0. The maximum atomic E-state index is 6.56. The second-order valence-corrected chi connectivity index (χ2v) is 13.9. The second-order valence-electron chi connectivity index (χ2n) is 13.9. The monoisotopic (exact) mass is 689 g/mol. The molecule has 0 radical (unpaired) electrons. The molecule has 0 N–H and O–H groups in total. The van der Waals surface area contributed by atoms with Crippen molar-refractivity contribution in [1.29, 1.82) is 0 Å². The van der Waals surface area contributed by atoms with Gasteiger partial charge in [-0.3, -0.25) is 0 Å². The van der Waals surface area contributed by atoms with Crippen molar-refractivity contribution in [3.63, 3.8) is 0 Å². The quantitative estimate of drug-likeness (QED) is 0.185. The SMILES string of the molecule is c1ccc(-c2nc(-c3cccc(-c4cccc5c4-c4ccccc4C54c5ccccc5Oc5ccccc54)c3)nc(-c3ccc4ccccc4c3)n2)cc1. The number of fused-ring (bicyclic) bond motifs is 10. The van der Waals surface area contributed by atoms with Crippen LogP contribution >= 0.6 is 0 Å². The molecule has 4 heteroatoms. The summed E-state index contributed by atoms with van der Waals surface area (Å²) in [6, 6.07) is 66.1. The van der Waals surface area contributed by atoms with Gasteiger partial charge in [-0.25, -0.2) is 15.0 Å². The van der Waals surface area contributed by atoms with Crippen molar-refractivity contribution in [3.05, 3.63) is 210 Å². The molecule has 0 fully saturated rings. The Morgan fingerprint density at radius 2 is 0.852 bits per heavy atom. The highest BCUT2D eigenvalue weighted by Gasteiger charge is 2.51. The van der Waals surface area contributed by atoms with Crippen LogP contribution in [-0.4, -0.2) is 15.0 Å². The molecular weight excluding hydrogens is 659 g/mol. The molecule has 0 atom stereocenters. The summed E-state index contributed by atoms with van der Waals surface area (Å²) >= 11 is 0. The zero-order chi connectivity index (χ0) is 35.6. The zero-order valence-corrected chi connectivity index (χ0v) is 29.1. The van der Waals surface area contributed by atoms with Gasteiger partial charge in [0, 0.05) is 27.8 Å². The molecule has 252 valence electrons. The highest BCUT2D eigenvalue weighted by Crippen LogP contribution is 2.63. The van der Waals surface area contributed by atoms with Gasteiger partial charge in [-0.1, -0.05) is 164 Å². The van der Waals surface area contributed by atoms with Gasteiger partial charge < -0.3 is 4.74 Å². The van der Waals surface area contributed by atoms with Crippen LogP contribution in [0.4, 0.5) is 0 Å². The highest BCUT2D eigenvalue weighted by atomic mass is 16.5. The fraction of sp³-hybridized carbons (Fsp3) is 0.0200. The average molecular weight is 690 g/mol. The van der Waals surface area contributed by atoms with Crippen molar-refractivity contribution in [2.45, 2.75) is 5.41 Å². The van der Waals surface area contributed by atoms with E-state index in [9.17, 15) is 0 Å². The Hall–Kier alpha value is -7.17. The van der Waals surface area contributed by atoms with Crippen molar-refractivity contribution in [2.75, 3.05) is 0 Å². The summed E-state index contributed by atoms with van der Waals surface area (Å²) in [5.41, 5.74) is 11.8. The molecule has 9 aromatic rings. The van der Waals surface area contributed by atoms with Gasteiger partial charge in [-0.05, 0) is 68.4 Å². The topological polar surface area (TPSA) is 47.9 Å². The van der Waals surface area contributed by atoms with Gasteiger partial charge in [-0.2, -0.15) is 0 Å². The van der Waals surface area contributed by atoms with Crippen LogP contribution < -0.4 is 4.74 Å². The molecule has 1 aliphatic carbocycles. The Morgan fingerprint density at radius 3 is 1.61 bits per heavy atom. The molecule has 0 saturated carbocycles. The Labute approximate surface area is 313 Å². The zero-order valence-electron chi connectivity index (χ0n) is 29.1. The van der Waals surface area contributed by atoms with Crippen molar-refractivity contribution >= 4 is 10.8 Å². The molecule has 1 aliphatic heterocycles. The summed E-state index contributed by atoms with van der Waals surface area (Å²) in [6.45, 7) is 0. The number of hydrogen-bond donors (Lipinski definition) is 0. The number of nitrogens with zero attached hydrogens (tertiary/aromatic N) is 3. The van der Waals surface area contributed by atoms with Crippen molar-refractivity contribution < 1.29 is 4.74 Å². The van der Waals surface area contributed by atoms with Gasteiger partial charge in [0.25, 0.3) is 0 Å². The molecule has 54 heavy (non-hydrogen) atoms. The molecule has 4 nitrogen and oxygen atoms in total. The van der Waals surface area contributed by atoms with Crippen LogP contribution in [-0.2, 0) is 5.41 Å². The Balaban J connectivity index is 1.11. The van der Waals surface area contributed by atoms with Crippen molar-refractivity contribution in [1.82, 2.24) is 15.0 Å². The normalized spacial score (nSPS) is 13.1. The lowest BCUT2D eigenvalue weighted by atomic mass is 9.66. The molecule has 8 aromatic carbocycles. The van der Waals surface area contributed by atoms with E-state index in [4.69, 9.17) is 19.7 Å². The van der Waals surface area contributed by atoms with E-state index in [2.05, 4.69) is 158 Å². The van der Waals surface area contributed by atoms with Crippen molar-refractivity contribution in [2.24, 2.45) is 0 Å². The molecule has 0 amide bonds. The van der Waals surface area contributed by atoms with Crippen LogP contribution in [0.5, 0.6) is 11.5 Å². The number of ether oxygens (including phenoxy) is 1. The number of rotatable bonds is 4. The molecule has 0 unspecified atom stereocenters. The number of benzene rings is 8. The molecular formula is C50H31N3O. The first-order valence-corrected chi connectivity index (χ1v) is 18.3. The second kappa shape index (κ2) is 11.9. The van der Waals surface area contributed by atoms with E-state index in [-0.39, 0.29) is 0 Å². The van der Waals surface area contributed by atoms with Gasteiger partial charge in [0.2, 0.25) is 0 Å². The average Bonchev–Trinajstić information content (AvgIpc) is 3.54. The maximum Gasteiger partial charge on any atom is 0.164 e. The predicted octanol–water partition coefficient (Wildman–Crippen LogP) is 12.2. The first kappa shape index (κ1) is 30.5. The van der Waals surface area contributed by atoms with Crippen LogP contribution in [0.15, 0.2) is 188 Å². The van der Waals surface area contributed by atoms with Gasteiger partial charge >= 0.3 is 0 Å².